The van der Waals surface area contributed by atoms with Crippen molar-refractivity contribution >= 4 is 11.7 Å². The molecule has 9 nitrogen and oxygen atoms in total. The number of nitrogens with zero attached hydrogens (tertiary/aromatic N) is 4. The molecule has 0 bridgehead atoms. The monoisotopic (exact) mass is 382 g/mol. The normalized spacial score (nSPS) is 10.4. The van der Waals surface area contributed by atoms with E-state index in [2.05, 4.69) is 25.6 Å². The molecule has 2 N–H and O–H groups in total. The predicted octanol–water partition coefficient (Wildman–Crippen LogP) is 1.83. The Morgan fingerprint density at radius 3 is 2.71 bits per heavy atom. The van der Waals surface area contributed by atoms with Gasteiger partial charge in [0.15, 0.2) is 11.5 Å². The molecule has 0 fully saturated rings. The minimum absolute atomic E-state index is 0.241. The average molecular weight is 382 g/mol. The van der Waals surface area contributed by atoms with Gasteiger partial charge in [0, 0.05) is 31.5 Å². The lowest BCUT2D eigenvalue weighted by Gasteiger charge is -2.13. The van der Waals surface area contributed by atoms with Crippen LogP contribution in [0.3, 0.4) is 0 Å². The smallest absolute Gasteiger partial charge is 0.255 e. The molecule has 0 radical (unpaired) electrons. The van der Waals surface area contributed by atoms with Crippen molar-refractivity contribution in [3.8, 4) is 17.3 Å². The number of para-hydroxylation sites is 1. The van der Waals surface area contributed by atoms with Crippen LogP contribution in [0.25, 0.3) is 5.82 Å². The van der Waals surface area contributed by atoms with Gasteiger partial charge in [-0.25, -0.2) is 15.0 Å². The van der Waals surface area contributed by atoms with Crippen molar-refractivity contribution in [1.29, 1.82) is 0 Å². The zero-order valence-corrected chi connectivity index (χ0v) is 16.0. The Hall–Kier alpha value is -3.62. The average Bonchev–Trinajstić information content (AvgIpc) is 3.16. The number of rotatable bonds is 8. The summed E-state index contributed by atoms with van der Waals surface area (Å²) in [5.41, 5.74) is 0.418. The van der Waals surface area contributed by atoms with Crippen LogP contribution in [0.15, 0.2) is 43.0 Å². The fraction of sp³-hybridized carbons (Fsp3) is 0.263. The topological polar surface area (TPSA) is 103 Å². The summed E-state index contributed by atoms with van der Waals surface area (Å²) in [5, 5.41) is 6.02. The lowest BCUT2D eigenvalue weighted by Crippen LogP contribution is -2.29. The number of hydrogen-bond acceptors (Lipinski definition) is 7. The van der Waals surface area contributed by atoms with Crippen LogP contribution in [0.4, 0.5) is 5.82 Å². The first kappa shape index (κ1) is 19.2. The van der Waals surface area contributed by atoms with Crippen LogP contribution < -0.4 is 20.1 Å². The number of carbonyl (C=O) groups is 1. The van der Waals surface area contributed by atoms with E-state index in [0.717, 1.165) is 11.6 Å². The molecule has 3 aromatic rings. The van der Waals surface area contributed by atoms with E-state index < -0.39 is 0 Å². The molecule has 0 saturated heterocycles. The summed E-state index contributed by atoms with van der Waals surface area (Å²) in [6, 6.07) is 7.00. The number of imidazole rings is 1. The number of amides is 1. The highest BCUT2D eigenvalue weighted by Crippen LogP contribution is 2.30. The van der Waals surface area contributed by atoms with E-state index in [1.54, 1.807) is 24.4 Å². The van der Waals surface area contributed by atoms with Gasteiger partial charge in [0.2, 0.25) is 0 Å². The summed E-state index contributed by atoms with van der Waals surface area (Å²) >= 11 is 0. The van der Waals surface area contributed by atoms with E-state index in [9.17, 15) is 4.79 Å². The first-order chi connectivity index (χ1) is 13.6. The highest BCUT2D eigenvalue weighted by atomic mass is 16.5. The van der Waals surface area contributed by atoms with Gasteiger partial charge in [-0.05, 0) is 19.1 Å². The van der Waals surface area contributed by atoms with Crippen LogP contribution in [0.5, 0.6) is 11.5 Å². The molecular formula is C19H22N6O3. The van der Waals surface area contributed by atoms with E-state index in [1.807, 2.05) is 23.8 Å². The number of carbonyl (C=O) groups excluding carboxylic acids is 1. The largest absolute Gasteiger partial charge is 0.493 e. The lowest BCUT2D eigenvalue weighted by molar-refractivity contribution is 0.0951. The molecule has 0 spiro atoms. The Morgan fingerprint density at radius 2 is 2.00 bits per heavy atom. The SMILES string of the molecule is COc1cccc(C(=O)NCCNc2cc(-n3ccnc3C)ncn2)c1OC. The molecule has 9 heteroatoms. The second-order valence-corrected chi connectivity index (χ2v) is 5.83. The molecular weight excluding hydrogens is 360 g/mol. The quantitative estimate of drug-likeness (QED) is 0.573. The van der Waals surface area contributed by atoms with E-state index >= 15 is 0 Å². The van der Waals surface area contributed by atoms with Crippen LogP contribution in [-0.4, -0.2) is 52.7 Å². The summed E-state index contributed by atoms with van der Waals surface area (Å²) < 4.78 is 12.4. The van der Waals surface area contributed by atoms with Crippen molar-refractivity contribution in [2.75, 3.05) is 32.6 Å². The van der Waals surface area contributed by atoms with E-state index in [0.29, 0.717) is 36.0 Å². The van der Waals surface area contributed by atoms with Gasteiger partial charge in [-0.2, -0.15) is 0 Å². The van der Waals surface area contributed by atoms with Crippen molar-refractivity contribution in [2.45, 2.75) is 6.92 Å². The van der Waals surface area contributed by atoms with Crippen LogP contribution in [-0.2, 0) is 0 Å². The molecule has 0 unspecified atom stereocenters. The zero-order valence-electron chi connectivity index (χ0n) is 16.0. The Kier molecular flexibility index (Phi) is 6.05. The Morgan fingerprint density at radius 1 is 1.14 bits per heavy atom. The van der Waals surface area contributed by atoms with Gasteiger partial charge in [0.1, 0.15) is 23.8 Å². The second kappa shape index (κ2) is 8.85. The predicted molar refractivity (Wildman–Crippen MR) is 104 cm³/mol. The van der Waals surface area contributed by atoms with E-state index in [1.165, 1.54) is 20.5 Å². The van der Waals surface area contributed by atoms with Gasteiger partial charge in [-0.3, -0.25) is 9.36 Å². The molecule has 28 heavy (non-hydrogen) atoms. The van der Waals surface area contributed by atoms with Crippen molar-refractivity contribution in [2.24, 2.45) is 0 Å². The fourth-order valence-electron chi connectivity index (χ4n) is 2.72. The van der Waals surface area contributed by atoms with Crippen molar-refractivity contribution in [3.05, 3.63) is 54.4 Å². The van der Waals surface area contributed by atoms with Crippen LogP contribution >= 0.6 is 0 Å². The summed E-state index contributed by atoms with van der Waals surface area (Å²) in [7, 11) is 3.04. The highest BCUT2D eigenvalue weighted by Gasteiger charge is 2.15. The third kappa shape index (κ3) is 4.20. The van der Waals surface area contributed by atoms with Crippen LogP contribution in [0.2, 0.25) is 0 Å². The molecule has 146 valence electrons. The number of ether oxygens (including phenoxy) is 2. The summed E-state index contributed by atoms with van der Waals surface area (Å²) in [4.78, 5) is 25.1. The summed E-state index contributed by atoms with van der Waals surface area (Å²) in [5.74, 6) is 2.89. The maximum Gasteiger partial charge on any atom is 0.255 e. The molecule has 3 rings (SSSR count). The molecule has 0 aliphatic carbocycles. The van der Waals surface area contributed by atoms with Crippen molar-refractivity contribution < 1.29 is 14.3 Å². The van der Waals surface area contributed by atoms with Crippen molar-refractivity contribution in [3.63, 3.8) is 0 Å². The van der Waals surface area contributed by atoms with Gasteiger partial charge in [0.05, 0.1) is 19.8 Å². The number of anilines is 1. The molecule has 0 saturated carbocycles. The standard InChI is InChI=1S/C19H22N6O3/c1-13-20-9-10-25(13)17-11-16(23-12-24-17)21-7-8-22-19(26)14-5-4-6-15(27-2)18(14)28-3/h4-6,9-12H,7-8H2,1-3H3,(H,22,26)(H,21,23,24). The Balaban J connectivity index is 1.57. The van der Waals surface area contributed by atoms with E-state index in [4.69, 9.17) is 9.47 Å². The number of methoxy groups -OCH3 is 2. The molecule has 0 aliphatic heterocycles. The highest BCUT2D eigenvalue weighted by molar-refractivity contribution is 5.97. The Labute approximate surface area is 162 Å². The van der Waals surface area contributed by atoms with E-state index in [-0.39, 0.29) is 5.91 Å². The van der Waals surface area contributed by atoms with Crippen molar-refractivity contribution in [1.82, 2.24) is 24.8 Å². The fourth-order valence-corrected chi connectivity index (χ4v) is 2.72. The van der Waals surface area contributed by atoms with Gasteiger partial charge in [0.25, 0.3) is 5.91 Å². The maximum absolute atomic E-state index is 12.4. The first-order valence-electron chi connectivity index (χ1n) is 8.69. The molecule has 2 aromatic heterocycles. The van der Waals surface area contributed by atoms with Gasteiger partial charge >= 0.3 is 0 Å². The molecule has 2 heterocycles. The molecule has 1 aromatic carbocycles. The number of nitrogens with one attached hydrogen (secondary N) is 2. The molecule has 0 atom stereocenters. The summed E-state index contributed by atoms with van der Waals surface area (Å²) in [6.45, 7) is 2.80. The molecule has 0 aliphatic rings. The number of aromatic nitrogens is 4. The third-order valence-electron chi connectivity index (χ3n) is 4.09. The minimum atomic E-state index is -0.241. The second-order valence-electron chi connectivity index (χ2n) is 5.83. The zero-order chi connectivity index (χ0) is 19.9. The summed E-state index contributed by atoms with van der Waals surface area (Å²) in [6.07, 6.45) is 5.03. The van der Waals surface area contributed by atoms with Gasteiger partial charge in [-0.15, -0.1) is 0 Å². The third-order valence-corrected chi connectivity index (χ3v) is 4.09. The van der Waals surface area contributed by atoms with Crippen LogP contribution in [0, 0.1) is 6.92 Å². The molecule has 1 amide bonds. The Bertz CT molecular complexity index is 956. The lowest BCUT2D eigenvalue weighted by atomic mass is 10.1. The van der Waals surface area contributed by atoms with Gasteiger partial charge in [-0.1, -0.05) is 6.07 Å². The minimum Gasteiger partial charge on any atom is -0.493 e. The first-order valence-corrected chi connectivity index (χ1v) is 8.69. The van der Waals surface area contributed by atoms with Gasteiger partial charge < -0.3 is 20.1 Å². The van der Waals surface area contributed by atoms with Crippen LogP contribution in [0.1, 0.15) is 16.2 Å². The number of aryl methyl sites for hydroxylation is 1. The number of benzene rings is 1. The maximum atomic E-state index is 12.4. The number of hydrogen-bond donors (Lipinski definition) is 2.